The second kappa shape index (κ2) is 4.07. The maximum absolute atomic E-state index is 3.50. The lowest BCUT2D eigenvalue weighted by Gasteiger charge is -2.05. The number of aryl methyl sites for hydroxylation is 1. The van der Waals surface area contributed by atoms with Gasteiger partial charge in [0.2, 0.25) is 0 Å². The molecule has 1 rings (SSSR count). The Morgan fingerprint density at radius 3 is 2.27 bits per heavy atom. The van der Waals surface area contributed by atoms with Gasteiger partial charge in [0.05, 0.1) is 0 Å². The van der Waals surface area contributed by atoms with Crippen LogP contribution in [0.2, 0.25) is 0 Å². The summed E-state index contributed by atoms with van der Waals surface area (Å²) in [6, 6.07) is 2.09. The van der Waals surface area contributed by atoms with Gasteiger partial charge in [-0.05, 0) is 88.9 Å². The van der Waals surface area contributed by atoms with Crippen LogP contribution in [0.1, 0.15) is 5.56 Å². The van der Waals surface area contributed by atoms with Crippen molar-refractivity contribution >= 4 is 70.4 Å². The summed E-state index contributed by atoms with van der Waals surface area (Å²) < 4.78 is 4.57. The summed E-state index contributed by atoms with van der Waals surface area (Å²) in [4.78, 5) is 0. The maximum atomic E-state index is 3.50. The molecular weight excluding hydrogens is 451 g/mol. The van der Waals surface area contributed by atoms with Gasteiger partial charge >= 0.3 is 0 Å². The quantitative estimate of drug-likeness (QED) is 0.298. The highest BCUT2D eigenvalue weighted by Gasteiger charge is 2.07. The first-order valence-corrected chi connectivity index (χ1v) is 6.29. The van der Waals surface area contributed by atoms with Crippen LogP contribution in [0.25, 0.3) is 0 Å². The third-order valence-electron chi connectivity index (χ3n) is 1.28. The molecule has 0 spiro atoms. The van der Waals surface area contributed by atoms with Crippen LogP contribution in [0, 0.1) is 10.5 Å². The second-order valence-electron chi connectivity index (χ2n) is 2.12. The number of halogens is 4. The van der Waals surface area contributed by atoms with Gasteiger partial charge in [-0.2, -0.15) is 0 Å². The number of hydrogen-bond acceptors (Lipinski definition) is 0. The van der Waals surface area contributed by atoms with E-state index in [4.69, 9.17) is 0 Å². The number of hydrogen-bond donors (Lipinski definition) is 0. The van der Waals surface area contributed by atoms with Gasteiger partial charge in [0.25, 0.3) is 0 Å². The molecule has 0 radical (unpaired) electrons. The zero-order chi connectivity index (χ0) is 8.59. The molecule has 1 aromatic carbocycles. The molecule has 0 heterocycles. The van der Waals surface area contributed by atoms with Crippen molar-refractivity contribution in [3.63, 3.8) is 0 Å². The van der Waals surface area contributed by atoms with Gasteiger partial charge in [-0.1, -0.05) is 0 Å². The molecule has 0 unspecified atom stereocenters. The Labute approximate surface area is 105 Å². The lowest BCUT2D eigenvalue weighted by Crippen LogP contribution is -1.83. The summed E-state index contributed by atoms with van der Waals surface area (Å²) >= 11 is 12.7. The molecule has 0 fully saturated rings. The Morgan fingerprint density at radius 2 is 1.73 bits per heavy atom. The van der Waals surface area contributed by atoms with Crippen molar-refractivity contribution in [2.24, 2.45) is 0 Å². The molecule has 0 saturated carbocycles. The van der Waals surface area contributed by atoms with E-state index in [0.29, 0.717) is 0 Å². The zero-order valence-electron chi connectivity index (χ0n) is 5.59. The molecule has 0 atom stereocenters. The first-order valence-electron chi connectivity index (χ1n) is 2.83. The van der Waals surface area contributed by atoms with Gasteiger partial charge in [0, 0.05) is 17.0 Å². The fraction of sp³-hybridized carbons (Fsp3) is 0.143. The smallest absolute Gasteiger partial charge is 0.0465 e. The minimum atomic E-state index is 1.12. The molecule has 4 heteroatoms. The van der Waals surface area contributed by atoms with Crippen molar-refractivity contribution in [1.29, 1.82) is 0 Å². The van der Waals surface area contributed by atoms with Crippen LogP contribution < -0.4 is 0 Å². The van der Waals surface area contributed by atoms with Crippen LogP contribution >= 0.6 is 70.4 Å². The molecule has 0 bridgehead atoms. The van der Waals surface area contributed by atoms with Gasteiger partial charge in [-0.15, -0.1) is 0 Å². The van der Waals surface area contributed by atoms with E-state index >= 15 is 0 Å². The topological polar surface area (TPSA) is 0 Å². The Balaban J connectivity index is 3.46. The summed E-state index contributed by atoms with van der Waals surface area (Å²) in [5, 5.41) is 0. The Morgan fingerprint density at radius 1 is 1.18 bits per heavy atom. The maximum Gasteiger partial charge on any atom is 0.0465 e. The van der Waals surface area contributed by atoms with Crippen LogP contribution in [0.4, 0.5) is 0 Å². The monoisotopic (exact) mass is 452 g/mol. The van der Waals surface area contributed by atoms with E-state index in [1.165, 1.54) is 9.13 Å². The lowest BCUT2D eigenvalue weighted by molar-refractivity contribution is 1.36. The average molecular weight is 455 g/mol. The first-order chi connectivity index (χ1) is 5.04. The first kappa shape index (κ1) is 10.5. The highest BCUT2D eigenvalue weighted by Crippen LogP contribution is 2.35. The number of benzene rings is 1. The SMILES string of the molecule is Cc1cc(Br)c(I)c(Br)c1Br. The predicted molar refractivity (Wildman–Crippen MR) is 67.0 cm³/mol. The summed E-state index contributed by atoms with van der Waals surface area (Å²) in [7, 11) is 0. The van der Waals surface area contributed by atoms with Gasteiger partial charge < -0.3 is 0 Å². The second-order valence-corrected chi connectivity index (χ2v) is 5.64. The molecule has 60 valence electrons. The Bertz CT molecular complexity index is 270. The van der Waals surface area contributed by atoms with Gasteiger partial charge in [-0.25, -0.2) is 0 Å². The summed E-state index contributed by atoms with van der Waals surface area (Å²) in [6.45, 7) is 2.07. The molecule has 0 saturated heterocycles. The van der Waals surface area contributed by atoms with E-state index in [0.717, 1.165) is 13.4 Å². The molecular formula is C7H4Br3I. The molecule has 0 nitrogen and oxygen atoms in total. The van der Waals surface area contributed by atoms with E-state index in [1.54, 1.807) is 0 Å². The third kappa shape index (κ3) is 2.19. The van der Waals surface area contributed by atoms with Crippen molar-refractivity contribution < 1.29 is 0 Å². The predicted octanol–water partition coefficient (Wildman–Crippen LogP) is 4.89. The van der Waals surface area contributed by atoms with Crippen LogP contribution in [0.3, 0.4) is 0 Å². The Kier molecular flexibility index (Phi) is 3.87. The fourth-order valence-corrected chi connectivity index (χ4v) is 3.13. The highest BCUT2D eigenvalue weighted by atomic mass is 127. The van der Waals surface area contributed by atoms with Crippen LogP contribution in [0.15, 0.2) is 19.5 Å². The van der Waals surface area contributed by atoms with E-state index in [9.17, 15) is 0 Å². The summed E-state index contributed by atoms with van der Waals surface area (Å²) in [5.74, 6) is 0. The van der Waals surface area contributed by atoms with E-state index in [2.05, 4.69) is 83.4 Å². The molecule has 0 aliphatic carbocycles. The number of rotatable bonds is 0. The molecule has 11 heavy (non-hydrogen) atoms. The highest BCUT2D eigenvalue weighted by molar-refractivity contribution is 14.1. The summed E-state index contributed by atoms with van der Waals surface area (Å²) in [6.07, 6.45) is 0. The van der Waals surface area contributed by atoms with Gasteiger partial charge in [-0.3, -0.25) is 0 Å². The molecule has 0 amide bonds. The molecule has 0 aromatic heterocycles. The van der Waals surface area contributed by atoms with Crippen molar-refractivity contribution in [1.82, 2.24) is 0 Å². The Hall–Kier alpha value is 1.39. The lowest BCUT2D eigenvalue weighted by atomic mass is 10.2. The van der Waals surface area contributed by atoms with E-state index in [1.807, 2.05) is 0 Å². The zero-order valence-corrected chi connectivity index (χ0v) is 12.5. The van der Waals surface area contributed by atoms with Gasteiger partial charge in [0.15, 0.2) is 0 Å². The van der Waals surface area contributed by atoms with Crippen LogP contribution in [-0.2, 0) is 0 Å². The fourth-order valence-electron chi connectivity index (χ4n) is 0.691. The van der Waals surface area contributed by atoms with Crippen molar-refractivity contribution in [3.8, 4) is 0 Å². The minimum Gasteiger partial charge on any atom is -0.0496 e. The van der Waals surface area contributed by atoms with Crippen molar-refractivity contribution in [2.45, 2.75) is 6.92 Å². The molecule has 0 aliphatic rings. The van der Waals surface area contributed by atoms with Crippen LogP contribution in [-0.4, -0.2) is 0 Å². The van der Waals surface area contributed by atoms with E-state index < -0.39 is 0 Å². The van der Waals surface area contributed by atoms with Gasteiger partial charge in [0.1, 0.15) is 0 Å². The third-order valence-corrected chi connectivity index (χ3v) is 6.86. The molecule has 0 aliphatic heterocycles. The molecule has 1 aromatic rings. The van der Waals surface area contributed by atoms with Crippen molar-refractivity contribution in [2.75, 3.05) is 0 Å². The van der Waals surface area contributed by atoms with Crippen LogP contribution in [0.5, 0.6) is 0 Å². The summed E-state index contributed by atoms with van der Waals surface area (Å²) in [5.41, 5.74) is 1.23. The normalized spacial score (nSPS) is 10.3. The standard InChI is InChI=1S/C7H4Br3I/c1-3-2-4(8)7(11)6(10)5(3)9/h2H,1H3. The van der Waals surface area contributed by atoms with E-state index in [-0.39, 0.29) is 0 Å². The molecule has 0 N–H and O–H groups in total. The average Bonchev–Trinajstić information content (AvgIpc) is 1.97. The largest absolute Gasteiger partial charge is 0.0496 e. The van der Waals surface area contributed by atoms with Crippen molar-refractivity contribution in [3.05, 3.63) is 28.6 Å². The minimum absolute atomic E-state index is 1.12.